The zero-order chi connectivity index (χ0) is 14.7. The number of nitrogens with zero attached hydrogens (tertiary/aromatic N) is 4. The lowest BCUT2D eigenvalue weighted by Gasteiger charge is -2.17. The van der Waals surface area contributed by atoms with E-state index >= 15 is 0 Å². The molecule has 3 aromatic rings. The monoisotopic (exact) mass is 300 g/mol. The molecule has 0 spiro atoms. The van der Waals surface area contributed by atoms with Gasteiger partial charge in [0.05, 0.1) is 6.54 Å². The van der Waals surface area contributed by atoms with Gasteiger partial charge in [-0.25, -0.2) is 4.98 Å². The second kappa shape index (κ2) is 6.05. The van der Waals surface area contributed by atoms with Crippen molar-refractivity contribution in [1.82, 2.24) is 15.2 Å². The highest BCUT2D eigenvalue weighted by atomic mass is 32.1. The molecular formula is C15H16N4OS. The van der Waals surface area contributed by atoms with Crippen LogP contribution in [0.15, 0.2) is 40.3 Å². The molecule has 0 N–H and O–H groups in total. The van der Waals surface area contributed by atoms with Crippen LogP contribution in [-0.2, 0) is 13.0 Å². The quantitative estimate of drug-likeness (QED) is 0.723. The highest BCUT2D eigenvalue weighted by molar-refractivity contribution is 7.13. The van der Waals surface area contributed by atoms with E-state index in [9.17, 15) is 0 Å². The standard InChI is InChI=1S/C15H16N4OS/c1-3-13-17-18-14(20-13)10-19(2)12-6-4-11(5-7-12)15-16-8-9-21-15/h4-9H,3,10H2,1-2H3. The molecule has 6 heteroatoms. The molecule has 0 aliphatic heterocycles. The number of hydrogen-bond donors (Lipinski definition) is 0. The average Bonchev–Trinajstić information content (AvgIpc) is 3.19. The summed E-state index contributed by atoms with van der Waals surface area (Å²) in [5.74, 6) is 1.32. The Morgan fingerprint density at radius 3 is 2.52 bits per heavy atom. The Hall–Kier alpha value is -2.21. The average molecular weight is 300 g/mol. The molecule has 3 rings (SSSR count). The van der Waals surface area contributed by atoms with Crippen molar-refractivity contribution >= 4 is 17.0 Å². The van der Waals surface area contributed by atoms with Crippen LogP contribution in [-0.4, -0.2) is 22.2 Å². The summed E-state index contributed by atoms with van der Waals surface area (Å²) in [6, 6.07) is 8.31. The molecule has 0 amide bonds. The third kappa shape index (κ3) is 3.11. The minimum absolute atomic E-state index is 0.601. The predicted molar refractivity (Wildman–Crippen MR) is 83.3 cm³/mol. The predicted octanol–water partition coefficient (Wildman–Crippen LogP) is 3.39. The van der Waals surface area contributed by atoms with Gasteiger partial charge >= 0.3 is 0 Å². The molecular weight excluding hydrogens is 284 g/mol. The number of aryl methyl sites for hydroxylation is 1. The Morgan fingerprint density at radius 1 is 1.14 bits per heavy atom. The first-order valence-electron chi connectivity index (χ1n) is 6.78. The van der Waals surface area contributed by atoms with Crippen LogP contribution in [0.25, 0.3) is 10.6 Å². The van der Waals surface area contributed by atoms with E-state index in [-0.39, 0.29) is 0 Å². The summed E-state index contributed by atoms with van der Waals surface area (Å²) in [5.41, 5.74) is 2.24. The maximum atomic E-state index is 5.54. The molecule has 0 unspecified atom stereocenters. The van der Waals surface area contributed by atoms with E-state index in [2.05, 4.69) is 44.3 Å². The van der Waals surface area contributed by atoms with Crippen molar-refractivity contribution < 1.29 is 4.42 Å². The smallest absolute Gasteiger partial charge is 0.235 e. The number of thiazole rings is 1. The van der Waals surface area contributed by atoms with Gasteiger partial charge in [-0.3, -0.25) is 0 Å². The summed E-state index contributed by atoms with van der Waals surface area (Å²) in [5, 5.41) is 11.0. The Balaban J connectivity index is 1.71. The molecule has 0 atom stereocenters. The third-order valence-electron chi connectivity index (χ3n) is 3.17. The minimum Gasteiger partial charge on any atom is -0.423 e. The van der Waals surface area contributed by atoms with Gasteiger partial charge in [0, 0.05) is 36.3 Å². The van der Waals surface area contributed by atoms with E-state index in [1.807, 2.05) is 25.5 Å². The summed E-state index contributed by atoms with van der Waals surface area (Å²) in [6.07, 6.45) is 2.58. The van der Waals surface area contributed by atoms with E-state index in [1.165, 1.54) is 0 Å². The normalized spacial score (nSPS) is 10.8. The molecule has 21 heavy (non-hydrogen) atoms. The van der Waals surface area contributed by atoms with E-state index in [1.54, 1.807) is 11.3 Å². The van der Waals surface area contributed by atoms with Crippen molar-refractivity contribution in [3.8, 4) is 10.6 Å². The van der Waals surface area contributed by atoms with Crippen LogP contribution >= 0.6 is 11.3 Å². The molecule has 0 saturated carbocycles. The summed E-state index contributed by atoms with van der Waals surface area (Å²) in [6.45, 7) is 2.60. The van der Waals surface area contributed by atoms with Crippen LogP contribution < -0.4 is 4.90 Å². The van der Waals surface area contributed by atoms with Gasteiger partial charge in [-0.2, -0.15) is 0 Å². The van der Waals surface area contributed by atoms with E-state index < -0.39 is 0 Å². The number of rotatable bonds is 5. The van der Waals surface area contributed by atoms with Crippen LogP contribution in [0.4, 0.5) is 5.69 Å². The van der Waals surface area contributed by atoms with Crippen molar-refractivity contribution in [3.05, 3.63) is 47.6 Å². The summed E-state index contributed by atoms with van der Waals surface area (Å²) in [4.78, 5) is 6.39. The second-order valence-corrected chi connectivity index (χ2v) is 5.58. The number of hydrogen-bond acceptors (Lipinski definition) is 6. The van der Waals surface area contributed by atoms with Gasteiger partial charge in [0.1, 0.15) is 5.01 Å². The van der Waals surface area contributed by atoms with Crippen LogP contribution in [0.3, 0.4) is 0 Å². The second-order valence-electron chi connectivity index (χ2n) is 4.68. The van der Waals surface area contributed by atoms with Crippen LogP contribution in [0.1, 0.15) is 18.7 Å². The zero-order valence-corrected chi connectivity index (χ0v) is 12.8. The Labute approximate surface area is 127 Å². The lowest BCUT2D eigenvalue weighted by Crippen LogP contribution is -2.16. The fourth-order valence-electron chi connectivity index (χ4n) is 2.01. The third-order valence-corrected chi connectivity index (χ3v) is 3.99. The SMILES string of the molecule is CCc1nnc(CN(C)c2ccc(-c3nccs3)cc2)o1. The first-order chi connectivity index (χ1) is 10.3. The minimum atomic E-state index is 0.601. The van der Waals surface area contributed by atoms with Crippen molar-refractivity contribution in [1.29, 1.82) is 0 Å². The largest absolute Gasteiger partial charge is 0.423 e. The molecule has 0 bridgehead atoms. The molecule has 2 heterocycles. The fourth-order valence-corrected chi connectivity index (χ4v) is 2.66. The lowest BCUT2D eigenvalue weighted by atomic mass is 10.2. The van der Waals surface area contributed by atoms with Crippen molar-refractivity contribution in [2.24, 2.45) is 0 Å². The lowest BCUT2D eigenvalue weighted by molar-refractivity contribution is 0.452. The van der Waals surface area contributed by atoms with Gasteiger partial charge in [-0.1, -0.05) is 6.92 Å². The summed E-state index contributed by atoms with van der Waals surface area (Å²) in [7, 11) is 2.01. The zero-order valence-electron chi connectivity index (χ0n) is 12.0. The van der Waals surface area contributed by atoms with E-state index in [4.69, 9.17) is 4.42 Å². The molecule has 0 saturated heterocycles. The van der Waals surface area contributed by atoms with Crippen LogP contribution in [0.2, 0.25) is 0 Å². The fraction of sp³-hybridized carbons (Fsp3) is 0.267. The van der Waals surface area contributed by atoms with E-state index in [0.29, 0.717) is 18.3 Å². The van der Waals surface area contributed by atoms with Crippen LogP contribution in [0, 0.1) is 0 Å². The highest BCUT2D eigenvalue weighted by Gasteiger charge is 2.09. The molecule has 0 aliphatic carbocycles. The topological polar surface area (TPSA) is 55.1 Å². The number of aromatic nitrogens is 3. The summed E-state index contributed by atoms with van der Waals surface area (Å²) < 4.78 is 5.54. The van der Waals surface area contributed by atoms with Gasteiger partial charge in [-0.15, -0.1) is 21.5 Å². The first-order valence-corrected chi connectivity index (χ1v) is 7.66. The van der Waals surface area contributed by atoms with Gasteiger partial charge in [0.2, 0.25) is 11.8 Å². The Kier molecular flexibility index (Phi) is 3.96. The number of anilines is 1. The molecule has 108 valence electrons. The molecule has 0 aliphatic rings. The molecule has 0 radical (unpaired) electrons. The first kappa shape index (κ1) is 13.8. The van der Waals surface area contributed by atoms with Gasteiger partial charge < -0.3 is 9.32 Å². The summed E-state index contributed by atoms with van der Waals surface area (Å²) >= 11 is 1.64. The van der Waals surface area contributed by atoms with Crippen molar-refractivity contribution in [2.45, 2.75) is 19.9 Å². The van der Waals surface area contributed by atoms with Crippen LogP contribution in [0.5, 0.6) is 0 Å². The van der Waals surface area contributed by atoms with Gasteiger partial charge in [-0.05, 0) is 24.3 Å². The van der Waals surface area contributed by atoms with Gasteiger partial charge in [0.25, 0.3) is 0 Å². The molecule has 2 aromatic heterocycles. The van der Waals surface area contributed by atoms with E-state index in [0.717, 1.165) is 22.7 Å². The molecule has 1 aromatic carbocycles. The van der Waals surface area contributed by atoms with Crippen molar-refractivity contribution in [2.75, 3.05) is 11.9 Å². The maximum absolute atomic E-state index is 5.54. The Bertz CT molecular complexity index is 691. The molecule has 5 nitrogen and oxygen atoms in total. The number of benzene rings is 1. The maximum Gasteiger partial charge on any atom is 0.235 e. The van der Waals surface area contributed by atoms with Crippen molar-refractivity contribution in [3.63, 3.8) is 0 Å². The molecule has 0 fully saturated rings. The van der Waals surface area contributed by atoms with Gasteiger partial charge in [0.15, 0.2) is 0 Å². The Morgan fingerprint density at radius 2 is 1.90 bits per heavy atom. The highest BCUT2D eigenvalue weighted by Crippen LogP contribution is 2.24.